The fourth-order valence-corrected chi connectivity index (χ4v) is 2.88. The third kappa shape index (κ3) is 1.83. The van der Waals surface area contributed by atoms with Crippen molar-refractivity contribution in [1.29, 1.82) is 0 Å². The van der Waals surface area contributed by atoms with Crippen molar-refractivity contribution in [3.8, 4) is 0 Å². The Labute approximate surface area is 118 Å². The van der Waals surface area contributed by atoms with Gasteiger partial charge in [-0.05, 0) is 18.6 Å². The molecule has 0 aliphatic carbocycles. The van der Waals surface area contributed by atoms with E-state index in [9.17, 15) is 4.79 Å². The molecular weight excluding hydrogens is 252 g/mol. The lowest BCUT2D eigenvalue weighted by Gasteiger charge is -2.20. The molecule has 20 heavy (non-hydrogen) atoms. The van der Waals surface area contributed by atoms with Crippen LogP contribution in [-0.2, 0) is 5.41 Å². The van der Waals surface area contributed by atoms with Gasteiger partial charge in [0.2, 0.25) is 5.76 Å². The second kappa shape index (κ2) is 4.20. The van der Waals surface area contributed by atoms with Gasteiger partial charge in [0.1, 0.15) is 0 Å². The van der Waals surface area contributed by atoms with Gasteiger partial charge in [-0.15, -0.1) is 0 Å². The molecule has 0 fully saturated rings. The number of nitrogens with zero attached hydrogens (tertiary/aromatic N) is 2. The SMILES string of the molecule is Cc1nc(C)c(C(=O)N2CC(C)(C)c3ccccc32)o1. The van der Waals surface area contributed by atoms with Gasteiger partial charge >= 0.3 is 0 Å². The van der Waals surface area contributed by atoms with E-state index < -0.39 is 0 Å². The van der Waals surface area contributed by atoms with Crippen LogP contribution in [0.25, 0.3) is 0 Å². The first-order valence-corrected chi connectivity index (χ1v) is 6.75. The first kappa shape index (κ1) is 12.9. The standard InChI is InChI=1S/C16H18N2O2/c1-10-14(20-11(2)17-10)15(19)18-9-16(3,4)12-7-5-6-8-13(12)18/h5-8H,9H2,1-4H3. The van der Waals surface area contributed by atoms with E-state index in [-0.39, 0.29) is 11.3 Å². The minimum atomic E-state index is -0.110. The number of hydrogen-bond donors (Lipinski definition) is 0. The Kier molecular flexibility index (Phi) is 2.71. The normalized spacial score (nSPS) is 16.3. The number of fused-ring (bicyclic) bond motifs is 1. The van der Waals surface area contributed by atoms with Crippen LogP contribution in [0.4, 0.5) is 5.69 Å². The average Bonchev–Trinajstić information content (AvgIpc) is 2.87. The van der Waals surface area contributed by atoms with E-state index in [1.807, 2.05) is 18.2 Å². The molecule has 4 nitrogen and oxygen atoms in total. The molecule has 0 radical (unpaired) electrons. The van der Waals surface area contributed by atoms with E-state index in [2.05, 4.69) is 24.9 Å². The number of carbonyl (C=O) groups excluding carboxylic acids is 1. The van der Waals surface area contributed by atoms with Crippen LogP contribution in [0, 0.1) is 13.8 Å². The van der Waals surface area contributed by atoms with Gasteiger partial charge < -0.3 is 9.32 Å². The minimum Gasteiger partial charge on any atom is -0.436 e. The van der Waals surface area contributed by atoms with Crippen LogP contribution in [0.1, 0.15) is 41.6 Å². The highest BCUT2D eigenvalue weighted by Crippen LogP contribution is 2.40. The van der Waals surface area contributed by atoms with Crippen LogP contribution < -0.4 is 4.90 Å². The van der Waals surface area contributed by atoms with Gasteiger partial charge in [0, 0.05) is 24.6 Å². The third-order valence-electron chi connectivity index (χ3n) is 3.82. The Morgan fingerprint density at radius 2 is 2.00 bits per heavy atom. The molecule has 1 aromatic carbocycles. The summed E-state index contributed by atoms with van der Waals surface area (Å²) in [7, 11) is 0. The lowest BCUT2D eigenvalue weighted by Crippen LogP contribution is -2.34. The molecule has 104 valence electrons. The number of para-hydroxylation sites is 1. The van der Waals surface area contributed by atoms with Gasteiger partial charge in [0.05, 0.1) is 5.69 Å². The monoisotopic (exact) mass is 270 g/mol. The van der Waals surface area contributed by atoms with Crippen LogP contribution in [0.15, 0.2) is 28.7 Å². The fraction of sp³-hybridized carbons (Fsp3) is 0.375. The quantitative estimate of drug-likeness (QED) is 0.799. The highest BCUT2D eigenvalue weighted by molar-refractivity contribution is 6.06. The summed E-state index contributed by atoms with van der Waals surface area (Å²) < 4.78 is 5.47. The van der Waals surface area contributed by atoms with Crippen molar-refractivity contribution in [3.63, 3.8) is 0 Å². The van der Waals surface area contributed by atoms with E-state index in [1.165, 1.54) is 5.56 Å². The van der Waals surface area contributed by atoms with Crippen molar-refractivity contribution in [2.24, 2.45) is 0 Å². The molecule has 1 aromatic heterocycles. The van der Waals surface area contributed by atoms with E-state index in [4.69, 9.17) is 4.42 Å². The molecular formula is C16H18N2O2. The van der Waals surface area contributed by atoms with Crippen molar-refractivity contribution in [2.45, 2.75) is 33.1 Å². The van der Waals surface area contributed by atoms with Crippen LogP contribution in [-0.4, -0.2) is 17.4 Å². The number of benzene rings is 1. The smallest absolute Gasteiger partial charge is 0.296 e. The maximum Gasteiger partial charge on any atom is 0.296 e. The summed E-state index contributed by atoms with van der Waals surface area (Å²) in [6.07, 6.45) is 0. The molecule has 1 aliphatic heterocycles. The number of hydrogen-bond acceptors (Lipinski definition) is 3. The molecule has 0 bridgehead atoms. The van der Waals surface area contributed by atoms with E-state index in [1.54, 1.807) is 18.7 Å². The number of anilines is 1. The van der Waals surface area contributed by atoms with E-state index >= 15 is 0 Å². The van der Waals surface area contributed by atoms with Crippen LogP contribution in [0.2, 0.25) is 0 Å². The molecule has 0 atom stereocenters. The number of aryl methyl sites for hydroxylation is 2. The van der Waals surface area contributed by atoms with Crippen LogP contribution in [0.5, 0.6) is 0 Å². The van der Waals surface area contributed by atoms with E-state index in [0.29, 0.717) is 23.9 Å². The molecule has 0 saturated heterocycles. The minimum absolute atomic E-state index is 0.0464. The van der Waals surface area contributed by atoms with Crippen molar-refractivity contribution < 1.29 is 9.21 Å². The predicted molar refractivity (Wildman–Crippen MR) is 77.1 cm³/mol. The molecule has 1 amide bonds. The maximum absolute atomic E-state index is 12.7. The van der Waals surface area contributed by atoms with Crippen molar-refractivity contribution in [3.05, 3.63) is 47.2 Å². The van der Waals surface area contributed by atoms with Gasteiger partial charge in [-0.1, -0.05) is 32.0 Å². The summed E-state index contributed by atoms with van der Waals surface area (Å²) in [5.74, 6) is 0.758. The molecule has 3 rings (SSSR count). The first-order valence-electron chi connectivity index (χ1n) is 6.75. The molecule has 1 aliphatic rings. The average molecular weight is 270 g/mol. The second-order valence-corrected chi connectivity index (χ2v) is 5.94. The summed E-state index contributed by atoms with van der Waals surface area (Å²) in [5.41, 5.74) is 2.77. The van der Waals surface area contributed by atoms with Crippen LogP contribution >= 0.6 is 0 Å². The maximum atomic E-state index is 12.7. The lowest BCUT2D eigenvalue weighted by molar-refractivity contribution is 0.0957. The molecule has 0 unspecified atom stereocenters. The molecule has 4 heteroatoms. The Balaban J connectivity index is 2.05. The van der Waals surface area contributed by atoms with Crippen LogP contribution in [0.3, 0.4) is 0 Å². The first-order chi connectivity index (χ1) is 9.40. The fourth-order valence-electron chi connectivity index (χ4n) is 2.88. The summed E-state index contributed by atoms with van der Waals surface area (Å²) in [5, 5.41) is 0. The summed E-state index contributed by atoms with van der Waals surface area (Å²) in [6.45, 7) is 8.52. The Morgan fingerprint density at radius 1 is 1.30 bits per heavy atom. The van der Waals surface area contributed by atoms with Gasteiger partial charge in [0.15, 0.2) is 5.89 Å². The number of amides is 1. The van der Waals surface area contributed by atoms with E-state index in [0.717, 1.165) is 5.69 Å². The number of carbonyl (C=O) groups is 1. The molecule has 0 N–H and O–H groups in total. The predicted octanol–water partition coefficient (Wildman–Crippen LogP) is 3.23. The molecule has 0 saturated carbocycles. The zero-order valence-corrected chi connectivity index (χ0v) is 12.2. The summed E-state index contributed by atoms with van der Waals surface area (Å²) >= 11 is 0. The van der Waals surface area contributed by atoms with Gasteiger partial charge in [-0.2, -0.15) is 0 Å². The topological polar surface area (TPSA) is 46.3 Å². The molecule has 0 spiro atoms. The second-order valence-electron chi connectivity index (χ2n) is 5.94. The highest BCUT2D eigenvalue weighted by Gasteiger charge is 2.39. The zero-order chi connectivity index (χ0) is 14.5. The Morgan fingerprint density at radius 3 is 2.65 bits per heavy atom. The number of oxazole rings is 1. The van der Waals surface area contributed by atoms with Gasteiger partial charge in [-0.3, -0.25) is 4.79 Å². The third-order valence-corrected chi connectivity index (χ3v) is 3.82. The number of aromatic nitrogens is 1. The summed E-state index contributed by atoms with van der Waals surface area (Å²) in [4.78, 5) is 18.7. The molecule has 2 heterocycles. The Hall–Kier alpha value is -2.10. The van der Waals surface area contributed by atoms with Gasteiger partial charge in [-0.25, -0.2) is 4.98 Å². The molecule has 2 aromatic rings. The lowest BCUT2D eigenvalue weighted by atomic mass is 9.87. The number of rotatable bonds is 1. The largest absolute Gasteiger partial charge is 0.436 e. The van der Waals surface area contributed by atoms with Crippen molar-refractivity contribution in [1.82, 2.24) is 4.98 Å². The highest BCUT2D eigenvalue weighted by atomic mass is 16.4. The van der Waals surface area contributed by atoms with Crippen molar-refractivity contribution >= 4 is 11.6 Å². The van der Waals surface area contributed by atoms with Crippen molar-refractivity contribution in [2.75, 3.05) is 11.4 Å². The summed E-state index contributed by atoms with van der Waals surface area (Å²) in [6, 6.07) is 8.04. The Bertz CT molecular complexity index is 686. The van der Waals surface area contributed by atoms with Gasteiger partial charge in [0.25, 0.3) is 5.91 Å². The zero-order valence-electron chi connectivity index (χ0n) is 12.2.